The molecule has 2 N–H and O–H groups in total. The molecule has 0 aliphatic heterocycles. The standard InChI is InChI=1S/C19H30N2/c1-2-11-21(14-15-7-9-18(20)10-8-15)19-12-16-5-3-4-6-17(16)13-19/h3-6,15,18-19H,2,7-14,20H2,1H3. The molecule has 21 heavy (non-hydrogen) atoms. The fraction of sp³-hybridized carbons (Fsp3) is 0.684. The highest BCUT2D eigenvalue weighted by Gasteiger charge is 2.28. The zero-order valence-corrected chi connectivity index (χ0v) is 13.4. The summed E-state index contributed by atoms with van der Waals surface area (Å²) < 4.78 is 0. The van der Waals surface area contributed by atoms with Crippen molar-refractivity contribution in [2.45, 2.75) is 64.0 Å². The SMILES string of the molecule is CCCN(CC1CCC(N)CC1)C1Cc2ccccc2C1. The Balaban J connectivity index is 1.60. The van der Waals surface area contributed by atoms with Gasteiger partial charge in [-0.05, 0) is 68.5 Å². The maximum atomic E-state index is 6.05. The first kappa shape index (κ1) is 15.1. The number of hydrogen-bond acceptors (Lipinski definition) is 2. The van der Waals surface area contributed by atoms with Crippen LogP contribution in [0.1, 0.15) is 50.2 Å². The molecule has 0 bridgehead atoms. The Kier molecular flexibility index (Phi) is 4.97. The van der Waals surface area contributed by atoms with Crippen LogP contribution >= 0.6 is 0 Å². The summed E-state index contributed by atoms with van der Waals surface area (Å²) in [4.78, 5) is 2.78. The molecule has 1 aromatic carbocycles. The summed E-state index contributed by atoms with van der Waals surface area (Å²) >= 11 is 0. The summed E-state index contributed by atoms with van der Waals surface area (Å²) in [7, 11) is 0. The Morgan fingerprint density at radius 2 is 1.67 bits per heavy atom. The van der Waals surface area contributed by atoms with Crippen LogP contribution in [0.2, 0.25) is 0 Å². The number of nitrogens with zero attached hydrogens (tertiary/aromatic N) is 1. The second-order valence-electron chi connectivity index (χ2n) is 7.11. The topological polar surface area (TPSA) is 29.3 Å². The van der Waals surface area contributed by atoms with Crippen molar-refractivity contribution in [2.75, 3.05) is 13.1 Å². The Morgan fingerprint density at radius 3 is 2.24 bits per heavy atom. The van der Waals surface area contributed by atoms with Crippen LogP contribution in [0, 0.1) is 5.92 Å². The average Bonchev–Trinajstić information content (AvgIpc) is 2.93. The number of fused-ring (bicyclic) bond motifs is 1. The highest BCUT2D eigenvalue weighted by atomic mass is 15.2. The highest BCUT2D eigenvalue weighted by molar-refractivity contribution is 5.33. The molecular formula is C19H30N2. The van der Waals surface area contributed by atoms with Crippen LogP contribution in [0.4, 0.5) is 0 Å². The van der Waals surface area contributed by atoms with Gasteiger partial charge in [0.1, 0.15) is 0 Å². The van der Waals surface area contributed by atoms with Crippen LogP contribution in [0.5, 0.6) is 0 Å². The minimum Gasteiger partial charge on any atom is -0.328 e. The van der Waals surface area contributed by atoms with Crippen molar-refractivity contribution in [3.8, 4) is 0 Å². The van der Waals surface area contributed by atoms with Gasteiger partial charge in [-0.15, -0.1) is 0 Å². The second kappa shape index (κ2) is 6.93. The maximum Gasteiger partial charge on any atom is 0.0176 e. The number of rotatable bonds is 5. The van der Waals surface area contributed by atoms with Gasteiger partial charge in [-0.3, -0.25) is 4.90 Å². The normalized spacial score (nSPS) is 26.2. The predicted molar refractivity (Wildman–Crippen MR) is 89.4 cm³/mol. The highest BCUT2D eigenvalue weighted by Crippen LogP contribution is 2.29. The minimum absolute atomic E-state index is 0.469. The number of nitrogens with two attached hydrogens (primary N) is 1. The summed E-state index contributed by atoms with van der Waals surface area (Å²) in [6.07, 6.45) is 8.90. The lowest BCUT2D eigenvalue weighted by molar-refractivity contribution is 0.148. The summed E-state index contributed by atoms with van der Waals surface area (Å²) in [5, 5.41) is 0. The van der Waals surface area contributed by atoms with Gasteiger partial charge >= 0.3 is 0 Å². The van der Waals surface area contributed by atoms with E-state index >= 15 is 0 Å². The molecule has 116 valence electrons. The van der Waals surface area contributed by atoms with E-state index < -0.39 is 0 Å². The van der Waals surface area contributed by atoms with Crippen molar-refractivity contribution in [2.24, 2.45) is 11.7 Å². The first-order chi connectivity index (χ1) is 10.3. The fourth-order valence-corrected chi connectivity index (χ4v) is 4.21. The van der Waals surface area contributed by atoms with E-state index in [4.69, 9.17) is 5.73 Å². The van der Waals surface area contributed by atoms with Gasteiger partial charge in [0.2, 0.25) is 0 Å². The van der Waals surface area contributed by atoms with Crippen LogP contribution in [0.3, 0.4) is 0 Å². The first-order valence-corrected chi connectivity index (χ1v) is 8.82. The average molecular weight is 286 g/mol. The van der Waals surface area contributed by atoms with Gasteiger partial charge in [0.15, 0.2) is 0 Å². The van der Waals surface area contributed by atoms with E-state index in [0.29, 0.717) is 6.04 Å². The number of benzene rings is 1. The molecular weight excluding hydrogens is 256 g/mol. The predicted octanol–water partition coefficient (Wildman–Crippen LogP) is 3.38. The molecule has 0 heterocycles. The molecule has 1 aromatic rings. The fourth-order valence-electron chi connectivity index (χ4n) is 4.21. The molecule has 2 heteroatoms. The lowest BCUT2D eigenvalue weighted by atomic mass is 9.86. The van der Waals surface area contributed by atoms with E-state index in [1.165, 1.54) is 58.0 Å². The zero-order valence-electron chi connectivity index (χ0n) is 13.4. The van der Waals surface area contributed by atoms with E-state index in [0.717, 1.165) is 12.0 Å². The number of hydrogen-bond donors (Lipinski definition) is 1. The van der Waals surface area contributed by atoms with Crippen LogP contribution in [0.15, 0.2) is 24.3 Å². The molecule has 1 saturated carbocycles. The Morgan fingerprint density at radius 1 is 1.05 bits per heavy atom. The smallest absolute Gasteiger partial charge is 0.0176 e. The molecule has 0 amide bonds. The maximum absolute atomic E-state index is 6.05. The van der Waals surface area contributed by atoms with Crippen LogP contribution in [-0.4, -0.2) is 30.1 Å². The van der Waals surface area contributed by atoms with Crippen molar-refractivity contribution in [3.63, 3.8) is 0 Å². The third-order valence-corrected chi connectivity index (χ3v) is 5.44. The van der Waals surface area contributed by atoms with E-state index in [1.54, 1.807) is 11.1 Å². The molecule has 0 saturated heterocycles. The summed E-state index contributed by atoms with van der Waals surface area (Å²) in [5.41, 5.74) is 9.21. The summed E-state index contributed by atoms with van der Waals surface area (Å²) in [6.45, 7) is 4.85. The zero-order chi connectivity index (χ0) is 14.7. The molecule has 0 atom stereocenters. The van der Waals surface area contributed by atoms with Crippen molar-refractivity contribution >= 4 is 0 Å². The van der Waals surface area contributed by atoms with Gasteiger partial charge in [-0.1, -0.05) is 31.2 Å². The lowest BCUT2D eigenvalue weighted by Gasteiger charge is -2.35. The van der Waals surface area contributed by atoms with Gasteiger partial charge in [-0.2, -0.15) is 0 Å². The molecule has 2 nitrogen and oxygen atoms in total. The molecule has 2 aliphatic rings. The minimum atomic E-state index is 0.469. The summed E-state index contributed by atoms with van der Waals surface area (Å²) in [6, 6.07) is 10.2. The molecule has 0 spiro atoms. The summed E-state index contributed by atoms with van der Waals surface area (Å²) in [5.74, 6) is 0.875. The third kappa shape index (κ3) is 3.67. The molecule has 0 unspecified atom stereocenters. The first-order valence-electron chi connectivity index (χ1n) is 8.82. The molecule has 1 fully saturated rings. The van der Waals surface area contributed by atoms with Crippen molar-refractivity contribution in [3.05, 3.63) is 35.4 Å². The monoisotopic (exact) mass is 286 g/mol. The van der Waals surface area contributed by atoms with Gasteiger partial charge in [0, 0.05) is 18.6 Å². The van der Waals surface area contributed by atoms with Crippen LogP contribution in [-0.2, 0) is 12.8 Å². The second-order valence-corrected chi connectivity index (χ2v) is 7.11. The Bertz CT molecular complexity index is 424. The van der Waals surface area contributed by atoms with E-state index in [-0.39, 0.29) is 0 Å². The lowest BCUT2D eigenvalue weighted by Crippen LogP contribution is -2.41. The van der Waals surface area contributed by atoms with E-state index in [1.807, 2.05) is 0 Å². The van der Waals surface area contributed by atoms with Gasteiger partial charge in [0.05, 0.1) is 0 Å². The largest absolute Gasteiger partial charge is 0.328 e. The quantitative estimate of drug-likeness (QED) is 0.899. The van der Waals surface area contributed by atoms with Crippen LogP contribution < -0.4 is 5.73 Å². The van der Waals surface area contributed by atoms with Crippen molar-refractivity contribution in [1.82, 2.24) is 4.90 Å². The molecule has 2 aliphatic carbocycles. The van der Waals surface area contributed by atoms with E-state index in [9.17, 15) is 0 Å². The van der Waals surface area contributed by atoms with Crippen molar-refractivity contribution < 1.29 is 0 Å². The third-order valence-electron chi connectivity index (χ3n) is 5.44. The van der Waals surface area contributed by atoms with E-state index in [2.05, 4.69) is 36.1 Å². The molecule has 0 radical (unpaired) electrons. The van der Waals surface area contributed by atoms with Crippen molar-refractivity contribution in [1.29, 1.82) is 0 Å². The molecule has 3 rings (SSSR count). The molecule has 0 aromatic heterocycles. The Hall–Kier alpha value is -0.860. The van der Waals surface area contributed by atoms with Crippen LogP contribution in [0.25, 0.3) is 0 Å². The van der Waals surface area contributed by atoms with Gasteiger partial charge < -0.3 is 5.73 Å². The van der Waals surface area contributed by atoms with Gasteiger partial charge in [0.25, 0.3) is 0 Å². The van der Waals surface area contributed by atoms with Gasteiger partial charge in [-0.25, -0.2) is 0 Å². The Labute approximate surface area is 129 Å².